The number of carbonyl (C=O) groups excluding carboxylic acids is 2. The van der Waals surface area contributed by atoms with Crippen LogP contribution in [0.15, 0.2) is 69.5 Å². The summed E-state index contributed by atoms with van der Waals surface area (Å²) in [6.07, 6.45) is 2.61. The van der Waals surface area contributed by atoms with Crippen molar-refractivity contribution in [2.45, 2.75) is 42.9 Å². The number of nitrogens with one attached hydrogen (secondary N) is 1. The molecule has 1 amide bonds. The maximum absolute atomic E-state index is 13.3. The molecule has 0 saturated heterocycles. The molecule has 5 rings (SSSR count). The second-order valence-electron chi connectivity index (χ2n) is 9.70. The van der Waals surface area contributed by atoms with E-state index in [2.05, 4.69) is 28.5 Å². The second kappa shape index (κ2) is 12.7. The molecule has 1 atom stereocenters. The molecule has 3 N–H and O–H groups in total. The van der Waals surface area contributed by atoms with E-state index >= 15 is 0 Å². The maximum atomic E-state index is 13.3. The standard InChI is InChI=1S/C30H30N6O4S2/c1-4-17-8-10-18(11-9-17)26-22(15-31)28(32)36(23-6-5-7-24(37)27(23)26)29-34-35-30(42-29)41-16-25(38)33-19-12-20(39-2)14-21(13-19)40-3/h8-14,26H,4-7,16,32H2,1-3H3,(H,33,38). The van der Waals surface area contributed by atoms with Crippen LogP contribution in [0.5, 0.6) is 11.5 Å². The first-order chi connectivity index (χ1) is 20.4. The third-order valence-electron chi connectivity index (χ3n) is 7.18. The number of amides is 1. The van der Waals surface area contributed by atoms with Crippen LogP contribution in [-0.2, 0) is 16.0 Å². The van der Waals surface area contributed by atoms with E-state index in [1.165, 1.54) is 28.7 Å². The Morgan fingerprint density at radius 2 is 1.88 bits per heavy atom. The summed E-state index contributed by atoms with van der Waals surface area (Å²) in [7, 11) is 3.08. The molecular weight excluding hydrogens is 573 g/mol. The van der Waals surface area contributed by atoms with Crippen LogP contribution in [0.1, 0.15) is 43.2 Å². The molecule has 0 fully saturated rings. The molecule has 10 nitrogen and oxygen atoms in total. The van der Waals surface area contributed by atoms with E-state index in [4.69, 9.17) is 15.2 Å². The number of ether oxygens (including phenoxy) is 2. The van der Waals surface area contributed by atoms with Crippen LogP contribution in [-0.4, -0.2) is 41.9 Å². The van der Waals surface area contributed by atoms with Gasteiger partial charge in [0.2, 0.25) is 11.0 Å². The number of rotatable bonds is 9. The lowest BCUT2D eigenvalue weighted by Crippen LogP contribution is -2.38. The Morgan fingerprint density at radius 1 is 1.17 bits per heavy atom. The molecule has 12 heteroatoms. The van der Waals surface area contributed by atoms with Gasteiger partial charge in [0.05, 0.1) is 37.5 Å². The normalized spacial score (nSPS) is 16.7. The Balaban J connectivity index is 1.38. The lowest BCUT2D eigenvalue weighted by Gasteiger charge is -2.38. The van der Waals surface area contributed by atoms with Crippen LogP contribution in [0.2, 0.25) is 0 Å². The fourth-order valence-corrected chi connectivity index (χ4v) is 6.82. The number of allylic oxidation sites excluding steroid dienone is 3. The van der Waals surface area contributed by atoms with Gasteiger partial charge in [-0.3, -0.25) is 14.5 Å². The first kappa shape index (κ1) is 29.2. The average Bonchev–Trinajstić information content (AvgIpc) is 3.47. The molecule has 216 valence electrons. The van der Waals surface area contributed by atoms with Crippen molar-refractivity contribution in [2.75, 3.05) is 30.2 Å². The molecule has 0 radical (unpaired) electrons. The fourth-order valence-electron chi connectivity index (χ4n) is 5.14. The Kier molecular flexibility index (Phi) is 8.80. The molecule has 3 aromatic rings. The number of benzene rings is 2. The van der Waals surface area contributed by atoms with Gasteiger partial charge in [0.15, 0.2) is 10.1 Å². The number of thioether (sulfide) groups is 1. The summed E-state index contributed by atoms with van der Waals surface area (Å²) < 4.78 is 11.1. The largest absolute Gasteiger partial charge is 0.497 e. The zero-order valence-electron chi connectivity index (χ0n) is 23.5. The molecule has 0 saturated carbocycles. The molecule has 1 aromatic heterocycles. The second-order valence-corrected chi connectivity index (χ2v) is 11.9. The highest BCUT2D eigenvalue weighted by atomic mass is 32.2. The van der Waals surface area contributed by atoms with Gasteiger partial charge in [-0.1, -0.05) is 54.3 Å². The molecular formula is C30H30N6O4S2. The summed E-state index contributed by atoms with van der Waals surface area (Å²) in [6.45, 7) is 2.08. The predicted octanol–water partition coefficient (Wildman–Crippen LogP) is 5.15. The molecule has 1 aliphatic heterocycles. The molecule has 2 aliphatic rings. The highest BCUT2D eigenvalue weighted by Gasteiger charge is 2.41. The van der Waals surface area contributed by atoms with Crippen LogP contribution in [0.25, 0.3) is 0 Å². The van der Waals surface area contributed by atoms with E-state index in [9.17, 15) is 14.9 Å². The van der Waals surface area contributed by atoms with E-state index in [0.29, 0.717) is 57.1 Å². The number of aryl methyl sites for hydroxylation is 1. The van der Waals surface area contributed by atoms with Crippen LogP contribution in [0, 0.1) is 11.3 Å². The van der Waals surface area contributed by atoms with E-state index < -0.39 is 5.92 Å². The molecule has 0 spiro atoms. The number of methoxy groups -OCH3 is 2. The third-order valence-corrected chi connectivity index (χ3v) is 9.23. The molecule has 0 bridgehead atoms. The zero-order valence-corrected chi connectivity index (χ0v) is 25.1. The van der Waals surface area contributed by atoms with Gasteiger partial charge in [-0.15, -0.1) is 10.2 Å². The van der Waals surface area contributed by atoms with Gasteiger partial charge < -0.3 is 20.5 Å². The van der Waals surface area contributed by atoms with Crippen molar-refractivity contribution in [1.82, 2.24) is 10.2 Å². The van der Waals surface area contributed by atoms with Crippen molar-refractivity contribution in [3.63, 3.8) is 0 Å². The number of ketones is 1. The summed E-state index contributed by atoms with van der Waals surface area (Å²) in [4.78, 5) is 27.7. The molecule has 2 heterocycles. The highest BCUT2D eigenvalue weighted by Crippen LogP contribution is 2.47. The molecule has 1 unspecified atom stereocenters. The molecule has 1 aliphatic carbocycles. The predicted molar refractivity (Wildman–Crippen MR) is 163 cm³/mol. The summed E-state index contributed by atoms with van der Waals surface area (Å²) in [5, 5.41) is 22.1. The number of anilines is 2. The number of Topliss-reactive ketones (excluding diaryl/α,β-unsaturated/α-hetero) is 1. The monoisotopic (exact) mass is 602 g/mol. The van der Waals surface area contributed by atoms with Gasteiger partial charge in [-0.05, 0) is 30.4 Å². The number of nitriles is 1. The fraction of sp³-hybridized carbons (Fsp3) is 0.300. The van der Waals surface area contributed by atoms with Gasteiger partial charge >= 0.3 is 0 Å². The summed E-state index contributed by atoms with van der Waals surface area (Å²) in [5.41, 5.74) is 10.9. The first-order valence-electron chi connectivity index (χ1n) is 13.4. The van der Waals surface area contributed by atoms with Crippen LogP contribution in [0.4, 0.5) is 10.8 Å². The number of hydrogen-bond donors (Lipinski definition) is 2. The lowest BCUT2D eigenvalue weighted by molar-refractivity contribution is -0.116. The van der Waals surface area contributed by atoms with E-state index in [0.717, 1.165) is 17.7 Å². The van der Waals surface area contributed by atoms with E-state index in [1.54, 1.807) is 37.3 Å². The van der Waals surface area contributed by atoms with E-state index in [-0.39, 0.29) is 23.3 Å². The first-order valence-corrected chi connectivity index (χ1v) is 15.2. The van der Waals surface area contributed by atoms with Crippen molar-refractivity contribution in [3.8, 4) is 17.6 Å². The Labute approximate surface area is 252 Å². The summed E-state index contributed by atoms with van der Waals surface area (Å²) >= 11 is 2.48. The van der Waals surface area contributed by atoms with Gasteiger partial charge in [0.1, 0.15) is 17.3 Å². The Hall–Kier alpha value is -4.34. The van der Waals surface area contributed by atoms with Crippen molar-refractivity contribution < 1.29 is 19.1 Å². The van der Waals surface area contributed by atoms with Gasteiger partial charge in [-0.25, -0.2) is 0 Å². The Morgan fingerprint density at radius 3 is 2.52 bits per heavy atom. The summed E-state index contributed by atoms with van der Waals surface area (Å²) in [5.74, 6) is 0.696. The minimum Gasteiger partial charge on any atom is -0.497 e. The van der Waals surface area contributed by atoms with Gasteiger partial charge in [0.25, 0.3) is 0 Å². The van der Waals surface area contributed by atoms with Crippen molar-refractivity contribution >= 4 is 45.6 Å². The van der Waals surface area contributed by atoms with Crippen molar-refractivity contribution in [1.29, 1.82) is 5.26 Å². The number of carbonyl (C=O) groups is 2. The van der Waals surface area contributed by atoms with Crippen molar-refractivity contribution in [3.05, 3.63) is 76.3 Å². The molecule has 42 heavy (non-hydrogen) atoms. The van der Waals surface area contributed by atoms with Gasteiger partial charge in [-0.2, -0.15) is 5.26 Å². The van der Waals surface area contributed by atoms with Gasteiger partial charge in [0, 0.05) is 41.6 Å². The number of hydrogen-bond acceptors (Lipinski definition) is 11. The number of nitrogens with two attached hydrogens (primary N) is 1. The minimum absolute atomic E-state index is 0.0102. The smallest absolute Gasteiger partial charge is 0.234 e. The number of nitrogens with zero attached hydrogens (tertiary/aromatic N) is 4. The number of aromatic nitrogens is 2. The zero-order chi connectivity index (χ0) is 29.8. The van der Waals surface area contributed by atoms with E-state index in [1.807, 2.05) is 24.3 Å². The minimum atomic E-state index is -0.527. The molecule has 2 aromatic carbocycles. The topological polar surface area (TPSA) is 143 Å². The Bertz CT molecular complexity index is 1600. The highest BCUT2D eigenvalue weighted by molar-refractivity contribution is 8.01. The summed E-state index contributed by atoms with van der Waals surface area (Å²) in [6, 6.07) is 15.4. The lowest BCUT2D eigenvalue weighted by atomic mass is 9.75. The van der Waals surface area contributed by atoms with Crippen LogP contribution in [0.3, 0.4) is 0 Å². The quantitative estimate of drug-likeness (QED) is 0.316. The SMILES string of the molecule is CCc1ccc(C2C(C#N)=C(N)N(c3nnc(SCC(=O)Nc4cc(OC)cc(OC)c4)s3)C3=C2C(=O)CCC3)cc1. The average molecular weight is 603 g/mol. The van der Waals surface area contributed by atoms with Crippen LogP contribution >= 0.6 is 23.1 Å². The third kappa shape index (κ3) is 5.84. The van der Waals surface area contributed by atoms with Crippen LogP contribution < -0.4 is 25.4 Å². The maximum Gasteiger partial charge on any atom is 0.234 e. The van der Waals surface area contributed by atoms with Crippen molar-refractivity contribution in [2.24, 2.45) is 5.73 Å².